The minimum absolute atomic E-state index is 0.0864. The highest BCUT2D eigenvalue weighted by molar-refractivity contribution is 7.19. The lowest BCUT2D eigenvalue weighted by atomic mass is 10.1. The van der Waals surface area contributed by atoms with Crippen LogP contribution in [0.5, 0.6) is 0 Å². The lowest BCUT2D eigenvalue weighted by molar-refractivity contribution is -0.115. The number of rotatable bonds is 5. The van der Waals surface area contributed by atoms with Crippen LogP contribution in [0.15, 0.2) is 41.5 Å². The molecule has 1 amide bonds. The quantitative estimate of drug-likeness (QED) is 0.520. The second kappa shape index (κ2) is 7.51. The molecule has 29 heavy (non-hydrogen) atoms. The molecule has 2 N–H and O–H groups in total. The number of hydrogen-bond acceptors (Lipinski definition) is 6. The average Bonchev–Trinajstić information content (AvgIpc) is 3.30. The first-order valence-corrected chi connectivity index (χ1v) is 9.30. The maximum absolute atomic E-state index is 13.1. The third kappa shape index (κ3) is 3.63. The van der Waals surface area contributed by atoms with Crippen molar-refractivity contribution >= 4 is 33.1 Å². The molecule has 3 aromatic heterocycles. The molecule has 0 bridgehead atoms. The van der Waals surface area contributed by atoms with Gasteiger partial charge in [0.2, 0.25) is 5.91 Å². The standard InChI is InChI=1S/C18H14F2N6O2S/c1-9-14(15-21-6-7-26(15)17(19)20)29-18(22-9)23-13(27)8-12-10-4-2-3-5-11(10)16(28)25-24-12/h2-7,17H,8H2,1H3,(H,25,28)(H,22,23,27). The number of nitrogens with one attached hydrogen (secondary N) is 2. The number of benzene rings is 1. The van der Waals surface area contributed by atoms with Crippen LogP contribution in [0.4, 0.5) is 13.9 Å². The third-order valence-corrected chi connectivity index (χ3v) is 5.30. The number of aryl methyl sites for hydroxylation is 1. The van der Waals surface area contributed by atoms with Crippen LogP contribution in [0, 0.1) is 6.92 Å². The van der Waals surface area contributed by atoms with Crippen molar-refractivity contribution in [3.63, 3.8) is 0 Å². The predicted molar refractivity (Wildman–Crippen MR) is 104 cm³/mol. The van der Waals surface area contributed by atoms with Crippen LogP contribution in [0.3, 0.4) is 0 Å². The minimum Gasteiger partial charge on any atom is -0.302 e. The van der Waals surface area contributed by atoms with Gasteiger partial charge in [0.1, 0.15) is 0 Å². The molecule has 0 saturated heterocycles. The Morgan fingerprint density at radius 1 is 1.31 bits per heavy atom. The van der Waals surface area contributed by atoms with Gasteiger partial charge in [0.15, 0.2) is 11.0 Å². The van der Waals surface area contributed by atoms with Crippen molar-refractivity contribution < 1.29 is 13.6 Å². The van der Waals surface area contributed by atoms with E-state index in [1.165, 1.54) is 12.4 Å². The van der Waals surface area contributed by atoms with Gasteiger partial charge in [0.05, 0.1) is 28.1 Å². The first kappa shape index (κ1) is 18.9. The highest BCUT2D eigenvalue weighted by atomic mass is 32.1. The van der Waals surface area contributed by atoms with Crippen molar-refractivity contribution in [1.29, 1.82) is 0 Å². The molecule has 8 nitrogen and oxygen atoms in total. The summed E-state index contributed by atoms with van der Waals surface area (Å²) in [7, 11) is 0. The predicted octanol–water partition coefficient (Wildman–Crippen LogP) is 3.13. The van der Waals surface area contributed by atoms with Crippen molar-refractivity contribution in [3.8, 4) is 10.7 Å². The lowest BCUT2D eigenvalue weighted by Gasteiger charge is -2.05. The molecular formula is C18H14F2N6O2S. The number of hydrogen-bond donors (Lipinski definition) is 2. The van der Waals surface area contributed by atoms with Crippen LogP contribution >= 0.6 is 11.3 Å². The number of nitrogens with zero attached hydrogens (tertiary/aromatic N) is 4. The summed E-state index contributed by atoms with van der Waals surface area (Å²) in [6.07, 6.45) is 2.38. The van der Waals surface area contributed by atoms with Crippen molar-refractivity contribution in [1.82, 2.24) is 24.7 Å². The number of thiazole rings is 1. The van der Waals surface area contributed by atoms with Crippen molar-refractivity contribution in [2.45, 2.75) is 19.9 Å². The summed E-state index contributed by atoms with van der Waals surface area (Å²) in [4.78, 5) is 33.0. The molecule has 0 saturated carbocycles. The van der Waals surface area contributed by atoms with Gasteiger partial charge < -0.3 is 5.32 Å². The first-order valence-electron chi connectivity index (χ1n) is 8.49. The number of carbonyl (C=O) groups excluding carboxylic acids is 1. The number of aromatic amines is 1. The van der Waals surface area contributed by atoms with E-state index in [4.69, 9.17) is 0 Å². The van der Waals surface area contributed by atoms with E-state index in [1.54, 1.807) is 31.2 Å². The molecule has 0 spiro atoms. The van der Waals surface area contributed by atoms with Crippen molar-refractivity contribution in [2.75, 3.05) is 5.32 Å². The van der Waals surface area contributed by atoms with Gasteiger partial charge >= 0.3 is 6.55 Å². The fourth-order valence-corrected chi connectivity index (χ4v) is 3.91. The maximum Gasteiger partial charge on any atom is 0.320 e. The molecule has 11 heteroatoms. The molecule has 0 aliphatic rings. The molecule has 0 radical (unpaired) electrons. The highest BCUT2D eigenvalue weighted by Crippen LogP contribution is 2.33. The largest absolute Gasteiger partial charge is 0.320 e. The topological polar surface area (TPSA) is 106 Å². The van der Waals surface area contributed by atoms with Crippen LogP contribution < -0.4 is 10.9 Å². The van der Waals surface area contributed by atoms with E-state index in [0.717, 1.165) is 15.9 Å². The number of H-pyrrole nitrogens is 1. The summed E-state index contributed by atoms with van der Waals surface area (Å²) in [5.74, 6) is -0.309. The number of aromatic nitrogens is 5. The monoisotopic (exact) mass is 416 g/mol. The number of carbonyl (C=O) groups is 1. The van der Waals surface area contributed by atoms with E-state index in [0.29, 0.717) is 27.0 Å². The molecular weight excluding hydrogens is 402 g/mol. The highest BCUT2D eigenvalue weighted by Gasteiger charge is 2.20. The van der Waals surface area contributed by atoms with Gasteiger partial charge in [-0.15, -0.1) is 0 Å². The molecule has 4 aromatic rings. The zero-order valence-electron chi connectivity index (χ0n) is 15.0. The fraction of sp³-hybridized carbons (Fsp3) is 0.167. The number of alkyl halides is 2. The Bertz CT molecular complexity index is 1260. The van der Waals surface area contributed by atoms with Gasteiger partial charge in [0, 0.05) is 17.8 Å². The summed E-state index contributed by atoms with van der Waals surface area (Å²) in [5.41, 5.74) is 0.560. The zero-order valence-corrected chi connectivity index (χ0v) is 15.8. The van der Waals surface area contributed by atoms with Crippen LogP contribution in [-0.2, 0) is 11.2 Å². The summed E-state index contributed by atoms with van der Waals surface area (Å²) >= 11 is 1.06. The van der Waals surface area contributed by atoms with Gasteiger partial charge in [-0.2, -0.15) is 13.9 Å². The van der Waals surface area contributed by atoms with Gasteiger partial charge in [-0.1, -0.05) is 29.5 Å². The fourth-order valence-electron chi connectivity index (χ4n) is 2.93. The second-order valence-electron chi connectivity index (χ2n) is 6.14. The Kier molecular flexibility index (Phi) is 4.89. The van der Waals surface area contributed by atoms with Gasteiger partial charge in [-0.25, -0.2) is 15.1 Å². The number of amides is 1. The Morgan fingerprint density at radius 3 is 2.83 bits per heavy atom. The number of imidazole rings is 1. The number of halogens is 2. The normalized spacial score (nSPS) is 11.3. The Labute approximate surface area is 166 Å². The second-order valence-corrected chi connectivity index (χ2v) is 7.14. The number of fused-ring (bicyclic) bond motifs is 1. The molecule has 3 heterocycles. The number of anilines is 1. The van der Waals surface area contributed by atoms with Crippen LogP contribution in [-0.4, -0.2) is 30.6 Å². The molecule has 4 rings (SSSR count). The minimum atomic E-state index is -2.73. The first-order chi connectivity index (χ1) is 13.9. The molecule has 0 fully saturated rings. The maximum atomic E-state index is 13.1. The molecule has 0 unspecified atom stereocenters. The molecule has 0 aliphatic carbocycles. The van der Waals surface area contributed by atoms with E-state index in [-0.39, 0.29) is 22.9 Å². The zero-order chi connectivity index (χ0) is 20.5. The summed E-state index contributed by atoms with van der Waals surface area (Å²) < 4.78 is 26.9. The van der Waals surface area contributed by atoms with E-state index in [2.05, 4.69) is 25.5 Å². The van der Waals surface area contributed by atoms with E-state index in [1.807, 2.05) is 0 Å². The van der Waals surface area contributed by atoms with Crippen LogP contribution in [0.25, 0.3) is 21.5 Å². The van der Waals surface area contributed by atoms with Crippen molar-refractivity contribution in [2.24, 2.45) is 0 Å². The molecule has 0 aliphatic heterocycles. The summed E-state index contributed by atoms with van der Waals surface area (Å²) in [6, 6.07) is 6.85. The molecule has 1 aromatic carbocycles. The van der Waals surface area contributed by atoms with Gasteiger partial charge in [0.25, 0.3) is 5.56 Å². The van der Waals surface area contributed by atoms with E-state index in [9.17, 15) is 18.4 Å². The van der Waals surface area contributed by atoms with E-state index < -0.39 is 12.5 Å². The lowest BCUT2D eigenvalue weighted by Crippen LogP contribution is -2.18. The van der Waals surface area contributed by atoms with Crippen LogP contribution in [0.1, 0.15) is 17.9 Å². The van der Waals surface area contributed by atoms with Gasteiger partial charge in [-0.3, -0.25) is 14.2 Å². The van der Waals surface area contributed by atoms with Crippen LogP contribution in [0.2, 0.25) is 0 Å². The molecule has 0 atom stereocenters. The summed E-state index contributed by atoms with van der Waals surface area (Å²) in [5, 5.41) is 10.3. The van der Waals surface area contributed by atoms with Gasteiger partial charge in [-0.05, 0) is 13.0 Å². The Hall–Kier alpha value is -3.47. The smallest absolute Gasteiger partial charge is 0.302 e. The molecule has 148 valence electrons. The Balaban J connectivity index is 1.57. The summed E-state index contributed by atoms with van der Waals surface area (Å²) in [6.45, 7) is -1.07. The van der Waals surface area contributed by atoms with E-state index >= 15 is 0 Å². The average molecular weight is 416 g/mol. The third-order valence-electron chi connectivity index (χ3n) is 4.23. The SMILES string of the molecule is Cc1nc(NC(=O)Cc2n[nH]c(=O)c3ccccc23)sc1-c1nccn1C(F)F. The van der Waals surface area contributed by atoms with Crippen molar-refractivity contribution in [3.05, 3.63) is 58.4 Å². The Morgan fingerprint density at radius 2 is 2.07 bits per heavy atom.